The van der Waals surface area contributed by atoms with Gasteiger partial charge in [0.2, 0.25) is 0 Å². The van der Waals surface area contributed by atoms with Crippen LogP contribution in [0.4, 0.5) is 4.79 Å². The number of carbonyl (C=O) groups excluding carboxylic acids is 1. The van der Waals surface area contributed by atoms with Gasteiger partial charge in [0.05, 0.1) is 6.04 Å². The molecule has 3 aromatic rings. The molecule has 2 unspecified atom stereocenters. The highest BCUT2D eigenvalue weighted by atomic mass is 35.5. The molecule has 1 aliphatic rings. The number of rotatable bonds is 3. The van der Waals surface area contributed by atoms with Crippen LogP contribution in [0.3, 0.4) is 0 Å². The molecule has 3 nitrogen and oxygen atoms in total. The normalized spacial score (nSPS) is 18.6. The molecule has 0 radical (unpaired) electrons. The number of aliphatic imine (C=N–C) groups is 1. The van der Waals surface area contributed by atoms with Crippen LogP contribution in [0.1, 0.15) is 45.5 Å². The van der Waals surface area contributed by atoms with E-state index in [1.807, 2.05) is 31.2 Å². The quantitative estimate of drug-likeness (QED) is 0.362. The fourth-order valence-corrected chi connectivity index (χ4v) is 4.05. The Bertz CT molecular complexity index is 1070. The Morgan fingerprint density at radius 1 is 0.828 bits per heavy atom. The van der Waals surface area contributed by atoms with Crippen molar-refractivity contribution in [3.05, 3.63) is 106 Å². The van der Waals surface area contributed by atoms with Crippen molar-refractivity contribution in [2.24, 2.45) is 4.99 Å². The van der Waals surface area contributed by atoms with E-state index in [0.29, 0.717) is 5.84 Å². The summed E-state index contributed by atoms with van der Waals surface area (Å²) in [5, 5.41) is -0.521. The summed E-state index contributed by atoms with van der Waals surface area (Å²) in [4.78, 5) is 19.3. The van der Waals surface area contributed by atoms with Crippen LogP contribution in [0.2, 0.25) is 0 Å². The Labute approximate surface area is 176 Å². The van der Waals surface area contributed by atoms with E-state index in [4.69, 9.17) is 16.6 Å². The first-order chi connectivity index (χ1) is 14.0. The smallest absolute Gasteiger partial charge is 0.273 e. The molecule has 0 bridgehead atoms. The Kier molecular flexibility index (Phi) is 5.25. The number of benzene rings is 3. The Hall–Kier alpha value is -2.91. The Balaban J connectivity index is 1.90. The van der Waals surface area contributed by atoms with Crippen molar-refractivity contribution in [3.63, 3.8) is 0 Å². The summed E-state index contributed by atoms with van der Waals surface area (Å²) in [7, 11) is 0. The monoisotopic (exact) mass is 402 g/mol. The van der Waals surface area contributed by atoms with Crippen molar-refractivity contribution in [2.75, 3.05) is 0 Å². The van der Waals surface area contributed by atoms with E-state index >= 15 is 0 Å². The molecule has 1 heterocycles. The van der Waals surface area contributed by atoms with Crippen LogP contribution in [0, 0.1) is 20.8 Å². The largest absolute Gasteiger partial charge is 0.322 e. The van der Waals surface area contributed by atoms with Crippen LogP contribution < -0.4 is 0 Å². The number of hydrogen-bond acceptors (Lipinski definition) is 2. The zero-order chi connectivity index (χ0) is 20.5. The van der Waals surface area contributed by atoms with Gasteiger partial charge in [0.15, 0.2) is 0 Å². The maximum atomic E-state index is 12.6. The molecule has 146 valence electrons. The van der Waals surface area contributed by atoms with Gasteiger partial charge in [-0.2, -0.15) is 0 Å². The first kappa shape index (κ1) is 19.4. The average molecular weight is 403 g/mol. The van der Waals surface area contributed by atoms with E-state index in [-0.39, 0.29) is 12.1 Å². The van der Waals surface area contributed by atoms with Crippen molar-refractivity contribution < 1.29 is 4.79 Å². The highest BCUT2D eigenvalue weighted by molar-refractivity contribution is 6.64. The average Bonchev–Trinajstić information content (AvgIpc) is 3.10. The Morgan fingerprint density at radius 3 is 1.93 bits per heavy atom. The molecule has 4 rings (SSSR count). The maximum Gasteiger partial charge on any atom is 0.322 e. The van der Waals surface area contributed by atoms with Crippen LogP contribution in [-0.2, 0) is 0 Å². The van der Waals surface area contributed by atoms with E-state index in [1.54, 1.807) is 4.90 Å². The highest BCUT2D eigenvalue weighted by Crippen LogP contribution is 2.44. The third-order valence-corrected chi connectivity index (χ3v) is 5.66. The van der Waals surface area contributed by atoms with Crippen LogP contribution >= 0.6 is 11.6 Å². The summed E-state index contributed by atoms with van der Waals surface area (Å²) >= 11 is 6.14. The minimum Gasteiger partial charge on any atom is -0.273 e. The molecular formula is C25H23ClN2O. The first-order valence-electron chi connectivity index (χ1n) is 9.71. The summed E-state index contributed by atoms with van der Waals surface area (Å²) in [6.07, 6.45) is 0. The molecule has 0 spiro atoms. The van der Waals surface area contributed by atoms with E-state index in [2.05, 4.69) is 62.4 Å². The SMILES string of the molecule is Cc1ccc(C2N=C(c3ccccc3C)N(C(=O)Cl)C2c2ccc(C)cc2)cc1. The van der Waals surface area contributed by atoms with Gasteiger partial charge < -0.3 is 0 Å². The van der Waals surface area contributed by atoms with Gasteiger partial charge in [-0.3, -0.25) is 14.7 Å². The minimum atomic E-state index is -0.521. The number of nitrogens with zero attached hydrogens (tertiary/aromatic N) is 2. The van der Waals surface area contributed by atoms with Gasteiger partial charge in [-0.05, 0) is 49.1 Å². The molecule has 0 aromatic heterocycles. The maximum absolute atomic E-state index is 12.6. The second-order valence-corrected chi connectivity index (χ2v) is 7.92. The lowest BCUT2D eigenvalue weighted by atomic mass is 9.93. The molecule has 0 N–H and O–H groups in total. The lowest BCUT2D eigenvalue weighted by Crippen LogP contribution is -2.34. The second kappa shape index (κ2) is 7.84. The van der Waals surface area contributed by atoms with Gasteiger partial charge in [-0.1, -0.05) is 83.9 Å². The standard InChI is InChI=1S/C25H23ClN2O/c1-16-8-12-19(13-9-16)22-23(20-14-10-17(2)11-15-20)28(25(26)29)24(27-22)21-7-5-4-6-18(21)3/h4-15,22-23H,1-3H3. The molecule has 0 fully saturated rings. The van der Waals surface area contributed by atoms with Gasteiger partial charge in [0.1, 0.15) is 11.9 Å². The molecule has 0 aliphatic carbocycles. The van der Waals surface area contributed by atoms with Gasteiger partial charge in [0.25, 0.3) is 0 Å². The summed E-state index contributed by atoms with van der Waals surface area (Å²) in [5.41, 5.74) is 6.42. The van der Waals surface area contributed by atoms with E-state index in [0.717, 1.165) is 22.3 Å². The van der Waals surface area contributed by atoms with Crippen LogP contribution in [-0.4, -0.2) is 16.1 Å². The van der Waals surface area contributed by atoms with E-state index in [9.17, 15) is 4.79 Å². The number of amides is 1. The molecule has 2 atom stereocenters. The summed E-state index contributed by atoms with van der Waals surface area (Å²) in [6.45, 7) is 6.14. The van der Waals surface area contributed by atoms with E-state index in [1.165, 1.54) is 11.1 Å². The number of carbonyl (C=O) groups is 1. The highest BCUT2D eigenvalue weighted by Gasteiger charge is 2.42. The zero-order valence-electron chi connectivity index (χ0n) is 16.8. The molecule has 0 saturated carbocycles. The topological polar surface area (TPSA) is 32.7 Å². The van der Waals surface area contributed by atoms with Gasteiger partial charge >= 0.3 is 5.37 Å². The molecule has 29 heavy (non-hydrogen) atoms. The molecule has 0 saturated heterocycles. The van der Waals surface area contributed by atoms with Crippen molar-refractivity contribution in [1.29, 1.82) is 0 Å². The molecule has 1 amide bonds. The first-order valence-corrected chi connectivity index (χ1v) is 10.1. The van der Waals surface area contributed by atoms with Crippen molar-refractivity contribution in [3.8, 4) is 0 Å². The third-order valence-electron chi connectivity index (χ3n) is 5.48. The predicted molar refractivity (Wildman–Crippen MR) is 119 cm³/mol. The summed E-state index contributed by atoms with van der Waals surface area (Å²) < 4.78 is 0. The van der Waals surface area contributed by atoms with E-state index < -0.39 is 5.37 Å². The fourth-order valence-electron chi connectivity index (χ4n) is 3.87. The second-order valence-electron chi connectivity index (χ2n) is 7.60. The predicted octanol–water partition coefficient (Wildman–Crippen LogP) is 6.52. The lowest BCUT2D eigenvalue weighted by Gasteiger charge is -2.28. The van der Waals surface area contributed by atoms with Crippen molar-refractivity contribution in [2.45, 2.75) is 32.9 Å². The van der Waals surface area contributed by atoms with Gasteiger partial charge in [0, 0.05) is 5.56 Å². The number of hydrogen-bond donors (Lipinski definition) is 0. The third kappa shape index (κ3) is 3.70. The fraction of sp³-hybridized carbons (Fsp3) is 0.200. The number of amidine groups is 1. The van der Waals surface area contributed by atoms with Crippen LogP contribution in [0.15, 0.2) is 77.8 Å². The van der Waals surface area contributed by atoms with Gasteiger partial charge in [-0.25, -0.2) is 0 Å². The van der Waals surface area contributed by atoms with Crippen LogP contribution in [0.25, 0.3) is 0 Å². The summed E-state index contributed by atoms with van der Waals surface area (Å²) in [5.74, 6) is 0.624. The number of aryl methyl sites for hydroxylation is 3. The Morgan fingerprint density at radius 2 is 1.38 bits per heavy atom. The zero-order valence-corrected chi connectivity index (χ0v) is 17.5. The summed E-state index contributed by atoms with van der Waals surface area (Å²) in [6, 6.07) is 24.0. The number of halogens is 1. The molecule has 1 aliphatic heterocycles. The van der Waals surface area contributed by atoms with Crippen molar-refractivity contribution >= 4 is 22.8 Å². The molecule has 3 aromatic carbocycles. The van der Waals surface area contributed by atoms with Crippen LogP contribution in [0.5, 0.6) is 0 Å². The van der Waals surface area contributed by atoms with Gasteiger partial charge in [-0.15, -0.1) is 0 Å². The minimum absolute atomic E-state index is 0.226. The van der Waals surface area contributed by atoms with Crippen molar-refractivity contribution in [1.82, 2.24) is 4.90 Å². The lowest BCUT2D eigenvalue weighted by molar-refractivity contribution is 0.231. The molecule has 4 heteroatoms. The molecular weight excluding hydrogens is 380 g/mol.